The molecule has 3 unspecified atom stereocenters. The smallest absolute Gasteiger partial charge is 0.231 e. The van der Waals surface area contributed by atoms with E-state index in [1.807, 2.05) is 0 Å². The van der Waals surface area contributed by atoms with Crippen LogP contribution in [-0.2, 0) is 12.8 Å². The van der Waals surface area contributed by atoms with Gasteiger partial charge >= 0.3 is 0 Å². The summed E-state index contributed by atoms with van der Waals surface area (Å²) in [6.07, 6.45) is 6.54. The van der Waals surface area contributed by atoms with E-state index in [1.165, 1.54) is 17.5 Å². The minimum Gasteiger partial charge on any atom is -0.339 e. The van der Waals surface area contributed by atoms with E-state index in [0.717, 1.165) is 43.8 Å². The standard InChI is InChI=1S/C17H21N3O/c18-15-7-3-6-14(15)17-19-16(20-21-17)13-9-8-11-4-1-2-5-12(11)10-13/h1-2,4-5,13-15H,3,6-10,18H2. The van der Waals surface area contributed by atoms with Gasteiger partial charge in [0, 0.05) is 12.0 Å². The second-order valence-corrected chi connectivity index (χ2v) is 6.40. The van der Waals surface area contributed by atoms with Crippen molar-refractivity contribution in [2.24, 2.45) is 5.73 Å². The van der Waals surface area contributed by atoms with Crippen LogP contribution < -0.4 is 5.73 Å². The average Bonchev–Trinajstić information content (AvgIpc) is 3.15. The van der Waals surface area contributed by atoms with Gasteiger partial charge in [0.2, 0.25) is 5.89 Å². The third-order valence-corrected chi connectivity index (χ3v) is 5.06. The van der Waals surface area contributed by atoms with Crippen molar-refractivity contribution in [3.63, 3.8) is 0 Å². The SMILES string of the molecule is NC1CCCC1c1nc(C2CCc3ccccc3C2)no1. The Kier molecular flexibility index (Phi) is 3.26. The van der Waals surface area contributed by atoms with Gasteiger partial charge in [-0.3, -0.25) is 0 Å². The lowest BCUT2D eigenvalue weighted by Crippen LogP contribution is -2.23. The minimum absolute atomic E-state index is 0.186. The summed E-state index contributed by atoms with van der Waals surface area (Å²) < 4.78 is 5.52. The summed E-state index contributed by atoms with van der Waals surface area (Å²) in [7, 11) is 0. The van der Waals surface area contributed by atoms with E-state index >= 15 is 0 Å². The van der Waals surface area contributed by atoms with Crippen LogP contribution in [0.25, 0.3) is 0 Å². The van der Waals surface area contributed by atoms with E-state index in [2.05, 4.69) is 34.4 Å². The van der Waals surface area contributed by atoms with E-state index in [9.17, 15) is 0 Å². The van der Waals surface area contributed by atoms with Crippen LogP contribution in [-0.4, -0.2) is 16.2 Å². The number of aryl methyl sites for hydroxylation is 1. The Morgan fingerprint density at radius 3 is 2.76 bits per heavy atom. The zero-order chi connectivity index (χ0) is 14.2. The van der Waals surface area contributed by atoms with Crippen molar-refractivity contribution < 1.29 is 4.52 Å². The molecule has 3 atom stereocenters. The lowest BCUT2D eigenvalue weighted by Gasteiger charge is -2.21. The molecular weight excluding hydrogens is 262 g/mol. The van der Waals surface area contributed by atoms with Crippen molar-refractivity contribution in [2.45, 2.75) is 56.4 Å². The van der Waals surface area contributed by atoms with Crippen LogP contribution in [0, 0.1) is 0 Å². The first-order valence-corrected chi connectivity index (χ1v) is 7.97. The first-order chi connectivity index (χ1) is 10.3. The van der Waals surface area contributed by atoms with Gasteiger partial charge < -0.3 is 10.3 Å². The molecular formula is C17H21N3O. The third kappa shape index (κ3) is 2.38. The van der Waals surface area contributed by atoms with Gasteiger partial charge in [0.1, 0.15) is 0 Å². The third-order valence-electron chi connectivity index (χ3n) is 5.06. The zero-order valence-corrected chi connectivity index (χ0v) is 12.2. The van der Waals surface area contributed by atoms with Gasteiger partial charge in [-0.2, -0.15) is 4.98 Å². The molecule has 0 saturated heterocycles. The van der Waals surface area contributed by atoms with Crippen molar-refractivity contribution in [1.82, 2.24) is 10.1 Å². The van der Waals surface area contributed by atoms with Gasteiger partial charge in [0.05, 0.1) is 5.92 Å². The lowest BCUT2D eigenvalue weighted by molar-refractivity contribution is 0.338. The summed E-state index contributed by atoms with van der Waals surface area (Å²) >= 11 is 0. The summed E-state index contributed by atoms with van der Waals surface area (Å²) in [6, 6.07) is 8.86. The highest BCUT2D eigenvalue weighted by atomic mass is 16.5. The summed E-state index contributed by atoms with van der Waals surface area (Å²) in [5, 5.41) is 4.25. The summed E-state index contributed by atoms with van der Waals surface area (Å²) in [5.74, 6) is 2.28. The predicted molar refractivity (Wildman–Crippen MR) is 80.1 cm³/mol. The van der Waals surface area contributed by atoms with E-state index in [1.54, 1.807) is 0 Å². The number of nitrogens with zero attached hydrogens (tertiary/aromatic N) is 2. The molecule has 4 heteroatoms. The Hall–Kier alpha value is -1.68. The maximum Gasteiger partial charge on any atom is 0.231 e. The number of benzene rings is 1. The molecule has 0 amide bonds. The minimum atomic E-state index is 0.186. The van der Waals surface area contributed by atoms with Gasteiger partial charge in [0.25, 0.3) is 0 Å². The van der Waals surface area contributed by atoms with Crippen LogP contribution >= 0.6 is 0 Å². The van der Waals surface area contributed by atoms with Crippen LogP contribution in [0.3, 0.4) is 0 Å². The monoisotopic (exact) mass is 283 g/mol. The van der Waals surface area contributed by atoms with Gasteiger partial charge in [-0.15, -0.1) is 0 Å². The molecule has 1 heterocycles. The molecule has 0 aliphatic heterocycles. The maximum absolute atomic E-state index is 6.13. The van der Waals surface area contributed by atoms with Crippen LogP contribution in [0.15, 0.2) is 28.8 Å². The van der Waals surface area contributed by atoms with Crippen molar-refractivity contribution in [2.75, 3.05) is 0 Å². The molecule has 21 heavy (non-hydrogen) atoms. The van der Waals surface area contributed by atoms with Gasteiger partial charge in [-0.25, -0.2) is 0 Å². The number of fused-ring (bicyclic) bond motifs is 1. The summed E-state index contributed by atoms with van der Waals surface area (Å²) in [4.78, 5) is 4.68. The topological polar surface area (TPSA) is 64.9 Å². The molecule has 0 spiro atoms. The number of hydrogen-bond acceptors (Lipinski definition) is 4. The Morgan fingerprint density at radius 1 is 1.10 bits per heavy atom. The molecule has 4 rings (SSSR count). The molecule has 2 N–H and O–H groups in total. The molecule has 0 radical (unpaired) electrons. The van der Waals surface area contributed by atoms with E-state index in [0.29, 0.717) is 5.92 Å². The second kappa shape index (κ2) is 5.26. The molecule has 1 saturated carbocycles. The van der Waals surface area contributed by atoms with Crippen molar-refractivity contribution in [3.8, 4) is 0 Å². The number of aromatic nitrogens is 2. The molecule has 0 bridgehead atoms. The first-order valence-electron chi connectivity index (χ1n) is 7.97. The molecule has 2 aliphatic rings. The second-order valence-electron chi connectivity index (χ2n) is 6.40. The van der Waals surface area contributed by atoms with Crippen LogP contribution in [0.5, 0.6) is 0 Å². The van der Waals surface area contributed by atoms with Crippen LogP contribution in [0.2, 0.25) is 0 Å². The summed E-state index contributed by atoms with van der Waals surface area (Å²) in [5.41, 5.74) is 9.03. The zero-order valence-electron chi connectivity index (χ0n) is 12.2. The molecule has 2 aromatic rings. The highest BCUT2D eigenvalue weighted by Crippen LogP contribution is 2.35. The fraction of sp³-hybridized carbons (Fsp3) is 0.529. The van der Waals surface area contributed by atoms with Crippen LogP contribution in [0.4, 0.5) is 0 Å². The van der Waals surface area contributed by atoms with Crippen LogP contribution in [0.1, 0.15) is 60.4 Å². The average molecular weight is 283 g/mol. The Morgan fingerprint density at radius 2 is 1.95 bits per heavy atom. The van der Waals surface area contributed by atoms with Crippen molar-refractivity contribution in [1.29, 1.82) is 0 Å². The number of nitrogens with two attached hydrogens (primary N) is 1. The molecule has 110 valence electrons. The Balaban J connectivity index is 1.54. The maximum atomic E-state index is 6.13. The largest absolute Gasteiger partial charge is 0.339 e. The highest BCUT2D eigenvalue weighted by molar-refractivity contribution is 5.31. The van der Waals surface area contributed by atoms with Gasteiger partial charge in [-0.1, -0.05) is 35.8 Å². The molecule has 4 nitrogen and oxygen atoms in total. The predicted octanol–water partition coefficient (Wildman–Crippen LogP) is 2.94. The number of rotatable bonds is 2. The summed E-state index contributed by atoms with van der Waals surface area (Å²) in [6.45, 7) is 0. The molecule has 1 fully saturated rings. The molecule has 1 aromatic carbocycles. The normalized spacial score (nSPS) is 28.5. The van der Waals surface area contributed by atoms with Crippen molar-refractivity contribution >= 4 is 0 Å². The van der Waals surface area contributed by atoms with Gasteiger partial charge in [0.15, 0.2) is 5.82 Å². The number of hydrogen-bond donors (Lipinski definition) is 1. The Labute approximate surface area is 124 Å². The van der Waals surface area contributed by atoms with Gasteiger partial charge in [-0.05, 0) is 43.2 Å². The fourth-order valence-electron chi connectivity index (χ4n) is 3.78. The van der Waals surface area contributed by atoms with E-state index in [4.69, 9.17) is 10.3 Å². The fourth-order valence-corrected chi connectivity index (χ4v) is 3.78. The quantitative estimate of drug-likeness (QED) is 0.920. The molecule has 1 aromatic heterocycles. The lowest BCUT2D eigenvalue weighted by atomic mass is 9.83. The van der Waals surface area contributed by atoms with Crippen molar-refractivity contribution in [3.05, 3.63) is 47.1 Å². The molecule has 2 aliphatic carbocycles. The highest BCUT2D eigenvalue weighted by Gasteiger charge is 2.32. The van der Waals surface area contributed by atoms with E-state index in [-0.39, 0.29) is 12.0 Å². The van der Waals surface area contributed by atoms with E-state index < -0.39 is 0 Å². The Bertz CT molecular complexity index is 636. The first kappa shape index (κ1) is 13.0.